The Kier molecular flexibility index (Phi) is 4.97. The van der Waals surface area contributed by atoms with E-state index in [1.165, 1.54) is 31.4 Å². The number of carbonyl (C=O) groups excluding carboxylic acids is 1. The molecular formula is C18H19FN2O4S. The number of fused-ring (bicyclic) bond motifs is 3. The van der Waals surface area contributed by atoms with Gasteiger partial charge in [-0.1, -0.05) is 18.2 Å². The average molecular weight is 378 g/mol. The van der Waals surface area contributed by atoms with Crippen molar-refractivity contribution in [3.63, 3.8) is 0 Å². The predicted molar refractivity (Wildman–Crippen MR) is 95.8 cm³/mol. The average Bonchev–Trinajstić information content (AvgIpc) is 2.59. The van der Waals surface area contributed by atoms with Crippen LogP contribution in [-0.2, 0) is 19.6 Å². The number of sulfonamides is 1. The number of benzene rings is 2. The number of hydrogen-bond donors (Lipinski definition) is 1. The summed E-state index contributed by atoms with van der Waals surface area (Å²) in [6, 6.07) is 9.95. The van der Waals surface area contributed by atoms with Gasteiger partial charge in [-0.2, -0.15) is 0 Å². The van der Waals surface area contributed by atoms with E-state index in [2.05, 4.69) is 5.32 Å². The number of halogens is 1. The molecule has 0 aliphatic carbocycles. The van der Waals surface area contributed by atoms with Gasteiger partial charge in [-0.3, -0.25) is 9.10 Å². The molecule has 1 heterocycles. The molecule has 6 nitrogen and oxygen atoms in total. The van der Waals surface area contributed by atoms with Crippen LogP contribution in [0, 0.1) is 5.82 Å². The molecule has 1 aliphatic rings. The van der Waals surface area contributed by atoms with Gasteiger partial charge in [0.2, 0.25) is 5.91 Å². The van der Waals surface area contributed by atoms with Crippen molar-refractivity contribution in [2.24, 2.45) is 0 Å². The van der Waals surface area contributed by atoms with Crippen LogP contribution in [0.3, 0.4) is 0 Å². The second-order valence-corrected chi connectivity index (χ2v) is 7.92. The van der Waals surface area contributed by atoms with E-state index in [1.54, 1.807) is 25.1 Å². The van der Waals surface area contributed by atoms with E-state index in [0.29, 0.717) is 17.7 Å². The zero-order valence-corrected chi connectivity index (χ0v) is 15.2. The SMILES string of the molecule is COC[C@H](C)NC(=O)CN1c2ccc(F)cc2-c2ccccc2S1(=O)=O. The van der Waals surface area contributed by atoms with Crippen molar-refractivity contribution < 1.29 is 22.3 Å². The molecule has 0 spiro atoms. The normalized spacial score (nSPS) is 15.7. The summed E-state index contributed by atoms with van der Waals surface area (Å²) in [5.41, 5.74) is 1.14. The lowest BCUT2D eigenvalue weighted by molar-refractivity contribution is -0.120. The number of ether oxygens (including phenoxy) is 1. The van der Waals surface area contributed by atoms with E-state index in [9.17, 15) is 17.6 Å². The number of nitrogens with one attached hydrogen (secondary N) is 1. The van der Waals surface area contributed by atoms with Crippen LogP contribution < -0.4 is 9.62 Å². The second-order valence-electron chi connectivity index (χ2n) is 6.09. The van der Waals surface area contributed by atoms with Crippen molar-refractivity contribution in [1.29, 1.82) is 0 Å². The number of carbonyl (C=O) groups is 1. The molecule has 0 saturated carbocycles. The maximum absolute atomic E-state index is 13.8. The molecule has 1 N–H and O–H groups in total. The first-order chi connectivity index (χ1) is 12.3. The Morgan fingerprint density at radius 1 is 1.23 bits per heavy atom. The monoisotopic (exact) mass is 378 g/mol. The first-order valence-corrected chi connectivity index (χ1v) is 9.48. The molecule has 0 unspecified atom stereocenters. The van der Waals surface area contributed by atoms with Gasteiger partial charge in [0.05, 0.1) is 17.2 Å². The smallest absolute Gasteiger partial charge is 0.265 e. The molecule has 1 amide bonds. The lowest BCUT2D eigenvalue weighted by Gasteiger charge is -2.31. The molecule has 0 radical (unpaired) electrons. The lowest BCUT2D eigenvalue weighted by Crippen LogP contribution is -2.45. The highest BCUT2D eigenvalue weighted by molar-refractivity contribution is 7.93. The van der Waals surface area contributed by atoms with Gasteiger partial charge >= 0.3 is 0 Å². The molecule has 0 saturated heterocycles. The van der Waals surface area contributed by atoms with Crippen molar-refractivity contribution >= 4 is 21.6 Å². The zero-order valence-electron chi connectivity index (χ0n) is 14.4. The van der Waals surface area contributed by atoms with E-state index < -0.39 is 28.3 Å². The molecule has 2 aromatic carbocycles. The van der Waals surface area contributed by atoms with Gasteiger partial charge in [0.15, 0.2) is 0 Å². The van der Waals surface area contributed by atoms with Crippen molar-refractivity contribution in [2.75, 3.05) is 24.6 Å². The van der Waals surface area contributed by atoms with Gasteiger partial charge in [0, 0.05) is 24.3 Å². The quantitative estimate of drug-likeness (QED) is 0.865. The highest BCUT2D eigenvalue weighted by Crippen LogP contribution is 2.42. The van der Waals surface area contributed by atoms with E-state index >= 15 is 0 Å². The summed E-state index contributed by atoms with van der Waals surface area (Å²) in [6.45, 7) is 1.66. The third-order valence-corrected chi connectivity index (χ3v) is 5.90. The standard InChI is InChI=1S/C18H19FN2O4S/c1-12(11-25-2)20-18(22)10-21-16-8-7-13(19)9-15(16)14-5-3-4-6-17(14)26(21,23)24/h3-9,12H,10-11H2,1-2H3,(H,20,22)/t12-/m0/s1. The van der Waals surface area contributed by atoms with Crippen LogP contribution in [0.25, 0.3) is 11.1 Å². The first kappa shape index (κ1) is 18.3. The van der Waals surface area contributed by atoms with Crippen molar-refractivity contribution in [2.45, 2.75) is 17.9 Å². The second kappa shape index (κ2) is 7.05. The summed E-state index contributed by atoms with van der Waals surface area (Å²) >= 11 is 0. The Balaban J connectivity index is 2.02. The molecule has 0 aromatic heterocycles. The molecule has 2 aromatic rings. The van der Waals surface area contributed by atoms with E-state index in [-0.39, 0.29) is 16.6 Å². The maximum Gasteiger partial charge on any atom is 0.265 e. The molecular weight excluding hydrogens is 359 g/mol. The topological polar surface area (TPSA) is 75.7 Å². The summed E-state index contributed by atoms with van der Waals surface area (Å²) in [5, 5.41) is 2.69. The molecule has 26 heavy (non-hydrogen) atoms. The minimum absolute atomic E-state index is 0.0517. The fourth-order valence-corrected chi connectivity index (χ4v) is 4.67. The van der Waals surface area contributed by atoms with Gasteiger partial charge < -0.3 is 10.1 Å². The van der Waals surface area contributed by atoms with Crippen molar-refractivity contribution in [1.82, 2.24) is 5.32 Å². The summed E-state index contributed by atoms with van der Waals surface area (Å²) < 4.78 is 45.8. The van der Waals surface area contributed by atoms with Gasteiger partial charge in [-0.05, 0) is 31.2 Å². The summed E-state index contributed by atoms with van der Waals surface area (Å²) in [5.74, 6) is -0.941. The van der Waals surface area contributed by atoms with Gasteiger partial charge in [0.1, 0.15) is 12.4 Å². The molecule has 0 bridgehead atoms. The molecule has 0 fully saturated rings. The third-order valence-electron chi connectivity index (χ3n) is 4.08. The van der Waals surface area contributed by atoms with Gasteiger partial charge in [0.25, 0.3) is 10.0 Å². The minimum atomic E-state index is -3.93. The summed E-state index contributed by atoms with van der Waals surface area (Å²) in [7, 11) is -2.42. The van der Waals surface area contributed by atoms with E-state index in [4.69, 9.17) is 4.74 Å². The third kappa shape index (κ3) is 3.30. The number of anilines is 1. The van der Waals surface area contributed by atoms with Crippen LogP contribution in [0.1, 0.15) is 6.92 Å². The van der Waals surface area contributed by atoms with Gasteiger partial charge in [-0.25, -0.2) is 12.8 Å². The van der Waals surface area contributed by atoms with Crippen LogP contribution in [-0.4, -0.2) is 40.6 Å². The van der Waals surface area contributed by atoms with Crippen molar-refractivity contribution in [3.8, 4) is 11.1 Å². The zero-order chi connectivity index (χ0) is 18.9. The van der Waals surface area contributed by atoms with E-state index in [1.807, 2.05) is 0 Å². The highest BCUT2D eigenvalue weighted by Gasteiger charge is 2.36. The maximum atomic E-state index is 13.8. The van der Waals surface area contributed by atoms with Crippen LogP contribution in [0.15, 0.2) is 47.4 Å². The summed E-state index contributed by atoms with van der Waals surface area (Å²) in [6.07, 6.45) is 0. The Morgan fingerprint density at radius 2 is 1.96 bits per heavy atom. The number of rotatable bonds is 5. The number of nitrogens with zero attached hydrogens (tertiary/aromatic N) is 1. The molecule has 8 heteroatoms. The highest BCUT2D eigenvalue weighted by atomic mass is 32.2. The fraction of sp³-hybridized carbons (Fsp3) is 0.278. The van der Waals surface area contributed by atoms with Gasteiger partial charge in [-0.15, -0.1) is 0 Å². The van der Waals surface area contributed by atoms with Crippen LogP contribution in [0.2, 0.25) is 0 Å². The Morgan fingerprint density at radius 3 is 2.69 bits per heavy atom. The van der Waals surface area contributed by atoms with Crippen molar-refractivity contribution in [3.05, 3.63) is 48.3 Å². The molecule has 1 atom stereocenters. The molecule has 1 aliphatic heterocycles. The van der Waals surface area contributed by atoms with Crippen LogP contribution in [0.4, 0.5) is 10.1 Å². The van der Waals surface area contributed by atoms with Crippen LogP contribution in [0.5, 0.6) is 0 Å². The molecule has 3 rings (SSSR count). The lowest BCUT2D eigenvalue weighted by atomic mass is 10.0. The number of amides is 1. The van der Waals surface area contributed by atoms with E-state index in [0.717, 1.165) is 4.31 Å². The largest absolute Gasteiger partial charge is 0.383 e. The Labute approximate surface area is 151 Å². The van der Waals surface area contributed by atoms with Crippen LogP contribution >= 0.6 is 0 Å². The first-order valence-electron chi connectivity index (χ1n) is 8.04. The molecule has 138 valence electrons. The predicted octanol–water partition coefficient (Wildman–Crippen LogP) is 2.15. The minimum Gasteiger partial charge on any atom is -0.383 e. The summed E-state index contributed by atoms with van der Waals surface area (Å²) in [4.78, 5) is 12.4. The number of hydrogen-bond acceptors (Lipinski definition) is 4. The Hall–Kier alpha value is -2.45. The fourth-order valence-electron chi connectivity index (χ4n) is 3.02. The Bertz CT molecular complexity index is 946. The number of methoxy groups -OCH3 is 1.